The third-order valence-corrected chi connectivity index (χ3v) is 6.98. The molecule has 2 aromatic carbocycles. The number of tetrazole rings is 1. The second-order valence-corrected chi connectivity index (χ2v) is 9.91. The minimum Gasteiger partial charge on any atom is -0.454 e. The van der Waals surface area contributed by atoms with Crippen molar-refractivity contribution >= 4 is 10.9 Å². The van der Waals surface area contributed by atoms with Crippen LogP contribution in [0.5, 0.6) is 11.5 Å². The lowest BCUT2D eigenvalue weighted by Crippen LogP contribution is -2.29. The highest BCUT2D eigenvalue weighted by Gasteiger charge is 2.22. The van der Waals surface area contributed by atoms with Crippen LogP contribution >= 0.6 is 0 Å². The zero-order chi connectivity index (χ0) is 25.4. The van der Waals surface area contributed by atoms with Crippen LogP contribution < -0.4 is 15.0 Å². The molecule has 10 nitrogen and oxygen atoms in total. The molecule has 37 heavy (non-hydrogen) atoms. The van der Waals surface area contributed by atoms with Crippen molar-refractivity contribution in [2.75, 3.05) is 13.4 Å². The zero-order valence-corrected chi connectivity index (χ0v) is 21.1. The standard InChI is InChI=1S/C27H30N6O4/c1-17-8-18(2)26-20(9-17)11-21(27(34)28-26)13-32(12-19-5-6-23-24(10-19)37-16-36-23)15-25-29-30-31-33(25)14-22-4-3-7-35-22/h5-6,8-11,22H,3-4,7,12-16H2,1-2H3,(H,28,34). The van der Waals surface area contributed by atoms with Gasteiger partial charge < -0.3 is 19.2 Å². The van der Waals surface area contributed by atoms with E-state index in [0.29, 0.717) is 31.7 Å². The predicted molar refractivity (Wildman–Crippen MR) is 136 cm³/mol. The van der Waals surface area contributed by atoms with Crippen LogP contribution in [0.3, 0.4) is 0 Å². The van der Waals surface area contributed by atoms with Crippen LogP contribution in [0.25, 0.3) is 10.9 Å². The third kappa shape index (κ3) is 5.07. The number of nitrogens with zero attached hydrogens (tertiary/aromatic N) is 5. The molecule has 1 atom stereocenters. The monoisotopic (exact) mass is 502 g/mol. The molecule has 6 rings (SSSR count). The number of aromatic nitrogens is 5. The maximum Gasteiger partial charge on any atom is 0.252 e. The molecular formula is C27H30N6O4. The van der Waals surface area contributed by atoms with E-state index in [1.54, 1.807) is 0 Å². The Morgan fingerprint density at radius 1 is 1.08 bits per heavy atom. The number of benzene rings is 2. The third-order valence-electron chi connectivity index (χ3n) is 6.98. The van der Waals surface area contributed by atoms with Gasteiger partial charge in [-0.2, -0.15) is 0 Å². The first-order valence-electron chi connectivity index (χ1n) is 12.6. The molecule has 4 heterocycles. The van der Waals surface area contributed by atoms with E-state index in [0.717, 1.165) is 64.4 Å². The van der Waals surface area contributed by atoms with Gasteiger partial charge >= 0.3 is 0 Å². The van der Waals surface area contributed by atoms with Gasteiger partial charge in [0.2, 0.25) is 6.79 Å². The van der Waals surface area contributed by atoms with E-state index in [1.165, 1.54) is 0 Å². The molecule has 1 saturated heterocycles. The van der Waals surface area contributed by atoms with Crippen LogP contribution in [-0.4, -0.2) is 49.6 Å². The Morgan fingerprint density at radius 2 is 1.97 bits per heavy atom. The molecule has 2 aromatic heterocycles. The second kappa shape index (κ2) is 9.95. The number of pyridine rings is 1. The molecule has 0 bridgehead atoms. The Labute approximate surface area is 214 Å². The largest absolute Gasteiger partial charge is 0.454 e. The number of hydrogen-bond acceptors (Lipinski definition) is 8. The van der Waals surface area contributed by atoms with E-state index >= 15 is 0 Å². The number of aryl methyl sites for hydroxylation is 2. The van der Waals surface area contributed by atoms with E-state index in [-0.39, 0.29) is 18.5 Å². The summed E-state index contributed by atoms with van der Waals surface area (Å²) in [5.41, 5.74) is 4.75. The summed E-state index contributed by atoms with van der Waals surface area (Å²) in [6, 6.07) is 12.1. The van der Waals surface area contributed by atoms with Crippen LogP contribution in [-0.2, 0) is 30.9 Å². The summed E-state index contributed by atoms with van der Waals surface area (Å²) in [6.07, 6.45) is 2.19. The molecule has 4 aromatic rings. The summed E-state index contributed by atoms with van der Waals surface area (Å²) in [5, 5.41) is 13.5. The summed E-state index contributed by atoms with van der Waals surface area (Å²) in [7, 11) is 0. The van der Waals surface area contributed by atoms with Crippen LogP contribution in [0, 0.1) is 13.8 Å². The molecule has 192 valence electrons. The predicted octanol–water partition coefficient (Wildman–Crippen LogP) is 3.24. The number of fused-ring (bicyclic) bond motifs is 2. The fraction of sp³-hybridized carbons (Fsp3) is 0.407. The van der Waals surface area contributed by atoms with Gasteiger partial charge in [-0.05, 0) is 77.9 Å². The molecule has 0 saturated carbocycles. The molecule has 1 N–H and O–H groups in total. The highest BCUT2D eigenvalue weighted by molar-refractivity contribution is 5.82. The Kier molecular flexibility index (Phi) is 6.35. The van der Waals surface area contributed by atoms with E-state index in [9.17, 15) is 4.79 Å². The van der Waals surface area contributed by atoms with E-state index in [1.807, 2.05) is 35.9 Å². The van der Waals surface area contributed by atoms with Crippen molar-refractivity contribution < 1.29 is 14.2 Å². The molecule has 0 amide bonds. The lowest BCUT2D eigenvalue weighted by atomic mass is 10.0. The maximum atomic E-state index is 13.1. The van der Waals surface area contributed by atoms with Gasteiger partial charge in [0, 0.05) is 25.3 Å². The molecular weight excluding hydrogens is 472 g/mol. The van der Waals surface area contributed by atoms with Crippen LogP contribution in [0.15, 0.2) is 41.2 Å². The van der Waals surface area contributed by atoms with Gasteiger partial charge in [0.05, 0.1) is 24.7 Å². The Morgan fingerprint density at radius 3 is 2.84 bits per heavy atom. The molecule has 10 heteroatoms. The summed E-state index contributed by atoms with van der Waals surface area (Å²) in [6.45, 7) is 7.19. The van der Waals surface area contributed by atoms with Crippen molar-refractivity contribution in [3.63, 3.8) is 0 Å². The summed E-state index contributed by atoms with van der Waals surface area (Å²) >= 11 is 0. The lowest BCUT2D eigenvalue weighted by Gasteiger charge is -2.22. The first kappa shape index (κ1) is 23.6. The van der Waals surface area contributed by atoms with Gasteiger partial charge in [-0.1, -0.05) is 17.7 Å². The highest BCUT2D eigenvalue weighted by Crippen LogP contribution is 2.33. The number of rotatable bonds is 8. The van der Waals surface area contributed by atoms with Gasteiger partial charge in [-0.25, -0.2) is 4.68 Å². The average molecular weight is 503 g/mol. The van der Waals surface area contributed by atoms with Gasteiger partial charge in [0.15, 0.2) is 17.3 Å². The average Bonchev–Trinajstić information content (AvgIpc) is 3.63. The number of ether oxygens (including phenoxy) is 3. The zero-order valence-electron chi connectivity index (χ0n) is 21.1. The van der Waals surface area contributed by atoms with Crippen molar-refractivity contribution in [2.24, 2.45) is 0 Å². The fourth-order valence-electron chi connectivity index (χ4n) is 5.22. The number of hydrogen-bond donors (Lipinski definition) is 1. The number of H-pyrrole nitrogens is 1. The van der Waals surface area contributed by atoms with Crippen LogP contribution in [0.1, 0.15) is 40.9 Å². The fourth-order valence-corrected chi connectivity index (χ4v) is 5.22. The topological polar surface area (TPSA) is 107 Å². The molecule has 2 aliphatic rings. The summed E-state index contributed by atoms with van der Waals surface area (Å²) in [5.74, 6) is 2.21. The van der Waals surface area contributed by atoms with Crippen molar-refractivity contribution in [3.05, 3.63) is 74.8 Å². The molecule has 0 spiro atoms. The second-order valence-electron chi connectivity index (χ2n) is 9.91. The molecule has 1 unspecified atom stereocenters. The maximum absolute atomic E-state index is 13.1. The van der Waals surface area contributed by atoms with Gasteiger partial charge in [-0.15, -0.1) is 5.10 Å². The Bertz CT molecular complexity index is 1490. The van der Waals surface area contributed by atoms with E-state index in [4.69, 9.17) is 14.2 Å². The first-order chi connectivity index (χ1) is 18.0. The normalized spacial score (nSPS) is 16.8. The minimum absolute atomic E-state index is 0.0888. The quantitative estimate of drug-likeness (QED) is 0.391. The summed E-state index contributed by atoms with van der Waals surface area (Å²) < 4.78 is 18.7. The van der Waals surface area contributed by atoms with Crippen molar-refractivity contribution in [1.29, 1.82) is 0 Å². The minimum atomic E-state index is -0.0888. The van der Waals surface area contributed by atoms with Crippen molar-refractivity contribution in [2.45, 2.75) is 59.0 Å². The number of aromatic amines is 1. The molecule has 2 aliphatic heterocycles. The van der Waals surface area contributed by atoms with Crippen LogP contribution in [0.2, 0.25) is 0 Å². The van der Waals surface area contributed by atoms with E-state index in [2.05, 4.69) is 44.5 Å². The van der Waals surface area contributed by atoms with Gasteiger partial charge in [0.1, 0.15) is 0 Å². The van der Waals surface area contributed by atoms with E-state index < -0.39 is 0 Å². The smallest absolute Gasteiger partial charge is 0.252 e. The van der Waals surface area contributed by atoms with Crippen LogP contribution in [0.4, 0.5) is 0 Å². The Hall–Kier alpha value is -3.76. The van der Waals surface area contributed by atoms with Crippen molar-refractivity contribution in [1.82, 2.24) is 30.1 Å². The van der Waals surface area contributed by atoms with Crippen molar-refractivity contribution in [3.8, 4) is 11.5 Å². The highest BCUT2D eigenvalue weighted by atomic mass is 16.7. The summed E-state index contributed by atoms with van der Waals surface area (Å²) in [4.78, 5) is 18.4. The van der Waals surface area contributed by atoms with Gasteiger partial charge in [0.25, 0.3) is 5.56 Å². The molecule has 0 radical (unpaired) electrons. The lowest BCUT2D eigenvalue weighted by molar-refractivity contribution is 0.0914. The molecule has 0 aliphatic carbocycles. The Balaban J connectivity index is 1.31. The van der Waals surface area contributed by atoms with Gasteiger partial charge in [-0.3, -0.25) is 9.69 Å². The first-order valence-corrected chi connectivity index (χ1v) is 12.6. The molecule has 1 fully saturated rings. The number of nitrogens with one attached hydrogen (secondary N) is 1. The SMILES string of the molecule is Cc1cc(C)c2[nH]c(=O)c(CN(Cc3ccc4c(c3)OCO4)Cc3nnnn3CC3CCCO3)cc2c1.